The lowest BCUT2D eigenvalue weighted by atomic mass is 9.85. The van der Waals surface area contributed by atoms with Gasteiger partial charge in [0.2, 0.25) is 0 Å². The van der Waals surface area contributed by atoms with Gasteiger partial charge in [0.15, 0.2) is 6.61 Å². The van der Waals surface area contributed by atoms with Crippen molar-refractivity contribution in [2.45, 2.75) is 64.3 Å². The van der Waals surface area contributed by atoms with Gasteiger partial charge < -0.3 is 10.1 Å². The minimum absolute atomic E-state index is 0.0227. The van der Waals surface area contributed by atoms with Crippen molar-refractivity contribution in [3.8, 4) is 0 Å². The van der Waals surface area contributed by atoms with Gasteiger partial charge >= 0.3 is 12.3 Å². The van der Waals surface area contributed by atoms with Gasteiger partial charge in [-0.15, -0.1) is 0 Å². The summed E-state index contributed by atoms with van der Waals surface area (Å²) in [4.78, 5) is 16.2. The number of hydrogen-bond donors (Lipinski definition) is 2. The molecule has 2 unspecified atom stereocenters. The number of nitrogens with one attached hydrogen (secondary N) is 2. The van der Waals surface area contributed by atoms with E-state index in [-0.39, 0.29) is 12.0 Å². The molecule has 1 aliphatic rings. The fourth-order valence-corrected chi connectivity index (χ4v) is 2.37. The van der Waals surface area contributed by atoms with Gasteiger partial charge in [0, 0.05) is 12.6 Å². The van der Waals surface area contributed by atoms with Crippen LogP contribution in [0.5, 0.6) is 0 Å². The highest BCUT2D eigenvalue weighted by Gasteiger charge is 2.30. The first-order valence-electron chi connectivity index (χ1n) is 7.48. The molecule has 2 N–H and O–H groups in total. The first-order valence-corrected chi connectivity index (χ1v) is 7.48. The third-order valence-corrected chi connectivity index (χ3v) is 3.29. The van der Waals surface area contributed by atoms with Crippen molar-refractivity contribution in [2.24, 2.45) is 5.92 Å². The van der Waals surface area contributed by atoms with E-state index in [9.17, 15) is 18.0 Å². The van der Waals surface area contributed by atoms with Crippen LogP contribution in [0.25, 0.3) is 0 Å². The molecule has 0 saturated heterocycles. The second kappa shape index (κ2) is 8.01. The average molecular weight is 326 g/mol. The van der Waals surface area contributed by atoms with E-state index in [2.05, 4.69) is 15.6 Å². The molecule has 8 heteroatoms. The highest BCUT2D eigenvalue weighted by Crippen LogP contribution is 2.24. The van der Waals surface area contributed by atoms with Crippen molar-refractivity contribution in [1.29, 1.82) is 0 Å². The molecule has 0 bridgehead atoms. The Bertz CT molecular complexity index is 356. The van der Waals surface area contributed by atoms with Crippen LogP contribution in [-0.2, 0) is 9.57 Å². The Kier molecular flexibility index (Phi) is 6.93. The van der Waals surface area contributed by atoms with E-state index in [1.54, 1.807) is 20.8 Å². The van der Waals surface area contributed by atoms with Gasteiger partial charge in [-0.2, -0.15) is 18.7 Å². The van der Waals surface area contributed by atoms with Crippen LogP contribution in [0.3, 0.4) is 0 Å². The summed E-state index contributed by atoms with van der Waals surface area (Å²) in [6.45, 7) is 4.32. The van der Waals surface area contributed by atoms with Gasteiger partial charge in [0.25, 0.3) is 0 Å². The Hall–Kier alpha value is -1.02. The van der Waals surface area contributed by atoms with Crippen LogP contribution in [0, 0.1) is 5.92 Å². The fraction of sp³-hybridized carbons (Fsp3) is 0.929. The van der Waals surface area contributed by atoms with E-state index in [1.807, 2.05) is 0 Å². The number of amides is 1. The lowest BCUT2D eigenvalue weighted by Gasteiger charge is -2.32. The Morgan fingerprint density at radius 3 is 2.41 bits per heavy atom. The maximum absolute atomic E-state index is 12.1. The van der Waals surface area contributed by atoms with Crippen molar-refractivity contribution in [2.75, 3.05) is 13.2 Å². The molecule has 5 nitrogen and oxygen atoms in total. The quantitative estimate of drug-likeness (QED) is 0.762. The van der Waals surface area contributed by atoms with Crippen LogP contribution in [0.1, 0.15) is 46.5 Å². The fourth-order valence-electron chi connectivity index (χ4n) is 2.37. The van der Waals surface area contributed by atoms with Gasteiger partial charge in [-0.25, -0.2) is 4.79 Å². The normalized spacial score (nSPS) is 23.2. The maximum atomic E-state index is 12.1. The highest BCUT2D eigenvalue weighted by atomic mass is 19.4. The monoisotopic (exact) mass is 326 g/mol. The lowest BCUT2D eigenvalue weighted by Crippen LogP contribution is -2.45. The molecule has 1 fully saturated rings. The van der Waals surface area contributed by atoms with Crippen LogP contribution in [0.15, 0.2) is 0 Å². The Labute approximate surface area is 128 Å². The number of ether oxygens (including phenoxy) is 1. The van der Waals surface area contributed by atoms with Crippen LogP contribution < -0.4 is 10.8 Å². The number of hydroxylamine groups is 1. The molecule has 2 atom stereocenters. The number of alkyl carbamates (subject to hydrolysis) is 1. The molecule has 0 spiro atoms. The van der Waals surface area contributed by atoms with E-state index >= 15 is 0 Å². The summed E-state index contributed by atoms with van der Waals surface area (Å²) in [5, 5.41) is 2.67. The highest BCUT2D eigenvalue weighted by molar-refractivity contribution is 5.67. The average Bonchev–Trinajstić information content (AvgIpc) is 2.34. The van der Waals surface area contributed by atoms with Crippen LogP contribution in [-0.4, -0.2) is 37.1 Å². The van der Waals surface area contributed by atoms with E-state index in [1.165, 1.54) is 0 Å². The second-order valence-electron chi connectivity index (χ2n) is 6.56. The molecule has 0 aromatic heterocycles. The summed E-state index contributed by atoms with van der Waals surface area (Å²) in [5.74, 6) is 0.0227. The zero-order valence-electron chi connectivity index (χ0n) is 13.3. The van der Waals surface area contributed by atoms with Gasteiger partial charge in [0.05, 0.1) is 0 Å². The molecule has 0 aromatic rings. The van der Waals surface area contributed by atoms with Gasteiger partial charge in [0.1, 0.15) is 5.60 Å². The Morgan fingerprint density at radius 1 is 1.18 bits per heavy atom. The predicted molar refractivity (Wildman–Crippen MR) is 75.1 cm³/mol. The summed E-state index contributed by atoms with van der Waals surface area (Å²) in [5.41, 5.74) is 1.91. The molecule has 0 radical (unpaired) electrons. The van der Waals surface area contributed by atoms with Gasteiger partial charge in [-0.1, -0.05) is 12.8 Å². The third kappa shape index (κ3) is 8.43. The molecule has 1 rings (SSSR count). The van der Waals surface area contributed by atoms with Gasteiger partial charge in [-0.05, 0) is 39.5 Å². The summed E-state index contributed by atoms with van der Waals surface area (Å²) in [6.07, 6.45) is -1.42. The minimum Gasteiger partial charge on any atom is -0.444 e. The molecule has 1 saturated carbocycles. The topological polar surface area (TPSA) is 59.6 Å². The molecule has 1 aliphatic carbocycles. The molecular weight excluding hydrogens is 301 g/mol. The number of rotatable bonds is 5. The van der Waals surface area contributed by atoms with Crippen LogP contribution >= 0.6 is 0 Å². The van der Waals surface area contributed by atoms with Gasteiger partial charge in [-0.3, -0.25) is 4.84 Å². The molecule has 130 valence electrons. The first kappa shape index (κ1) is 19.0. The van der Waals surface area contributed by atoms with Crippen LogP contribution in [0.4, 0.5) is 18.0 Å². The zero-order chi connectivity index (χ0) is 16.8. The molecule has 0 aliphatic heterocycles. The maximum Gasteiger partial charge on any atom is 0.413 e. The van der Waals surface area contributed by atoms with Crippen molar-refractivity contribution in [3.05, 3.63) is 0 Å². The van der Waals surface area contributed by atoms with Crippen LogP contribution in [0.2, 0.25) is 0 Å². The Balaban J connectivity index is 2.37. The Morgan fingerprint density at radius 2 is 1.82 bits per heavy atom. The number of carbonyl (C=O) groups excluding carboxylic acids is 1. The van der Waals surface area contributed by atoms with Crippen molar-refractivity contribution in [3.63, 3.8) is 0 Å². The molecule has 0 heterocycles. The van der Waals surface area contributed by atoms with E-state index < -0.39 is 24.5 Å². The van der Waals surface area contributed by atoms with E-state index in [0.717, 1.165) is 25.7 Å². The second-order valence-corrected chi connectivity index (χ2v) is 6.56. The summed E-state index contributed by atoms with van der Waals surface area (Å²) >= 11 is 0. The van der Waals surface area contributed by atoms with E-state index in [0.29, 0.717) is 6.54 Å². The standard InChI is InChI=1S/C14H25F3N2O3/c1-13(2,3)22-12(20)18-8-10-6-4-5-7-11(10)19-21-9-14(15,16)17/h10-11,19H,4-9H2,1-3H3,(H,18,20). The van der Waals surface area contributed by atoms with Crippen molar-refractivity contribution >= 4 is 6.09 Å². The summed E-state index contributed by atoms with van der Waals surface area (Å²) in [7, 11) is 0. The molecule has 0 aromatic carbocycles. The van der Waals surface area contributed by atoms with Crippen molar-refractivity contribution in [1.82, 2.24) is 10.8 Å². The molecule has 1 amide bonds. The summed E-state index contributed by atoms with van der Waals surface area (Å²) < 4.78 is 41.4. The lowest BCUT2D eigenvalue weighted by molar-refractivity contribution is -0.195. The third-order valence-electron chi connectivity index (χ3n) is 3.29. The largest absolute Gasteiger partial charge is 0.444 e. The van der Waals surface area contributed by atoms with E-state index in [4.69, 9.17) is 4.74 Å². The first-order chi connectivity index (χ1) is 10.1. The molecular formula is C14H25F3N2O3. The predicted octanol–water partition coefficient (Wildman–Crippen LogP) is 3.15. The number of carbonyl (C=O) groups is 1. The minimum atomic E-state index is -4.36. The zero-order valence-corrected chi connectivity index (χ0v) is 13.3. The van der Waals surface area contributed by atoms with Crippen molar-refractivity contribution < 1.29 is 27.5 Å². The molecule has 22 heavy (non-hydrogen) atoms. The number of hydrogen-bond acceptors (Lipinski definition) is 4. The number of alkyl halides is 3. The number of halogens is 3. The SMILES string of the molecule is CC(C)(C)OC(=O)NCC1CCCCC1NOCC(F)(F)F. The smallest absolute Gasteiger partial charge is 0.413 e. The summed E-state index contributed by atoms with van der Waals surface area (Å²) in [6, 6.07) is -0.203.